The normalized spacial score (nSPS) is 15.5. The van der Waals surface area contributed by atoms with Gasteiger partial charge in [0.25, 0.3) is 5.91 Å². The molecule has 1 saturated carbocycles. The van der Waals surface area contributed by atoms with Crippen LogP contribution < -0.4 is 10.2 Å². The minimum atomic E-state index is -0.762. The molecule has 1 aromatic carbocycles. The Bertz CT molecular complexity index is 983. The number of nitrogens with zero attached hydrogens (tertiary/aromatic N) is 3. The number of aromatic nitrogens is 2. The minimum absolute atomic E-state index is 0.149. The van der Waals surface area contributed by atoms with Crippen LogP contribution in [0.25, 0.3) is 0 Å². The highest BCUT2D eigenvalue weighted by Crippen LogP contribution is 2.34. The fourth-order valence-electron chi connectivity index (χ4n) is 3.93. The van der Waals surface area contributed by atoms with E-state index in [4.69, 9.17) is 0 Å². The number of anilines is 1. The maximum Gasteiger partial charge on any atom is 0.280 e. The predicted molar refractivity (Wildman–Crippen MR) is 120 cm³/mol. The van der Waals surface area contributed by atoms with Gasteiger partial charge in [0, 0.05) is 22.0 Å². The highest BCUT2D eigenvalue weighted by molar-refractivity contribution is 7.10. The van der Waals surface area contributed by atoms with Gasteiger partial charge in [0.1, 0.15) is 0 Å². The third-order valence-corrected chi connectivity index (χ3v) is 6.87. The Morgan fingerprint density at radius 1 is 1.13 bits per heavy atom. The van der Waals surface area contributed by atoms with Crippen molar-refractivity contribution in [2.24, 2.45) is 0 Å². The van der Waals surface area contributed by atoms with Crippen LogP contribution in [0, 0.1) is 6.92 Å². The molecule has 1 atom stereocenters. The van der Waals surface area contributed by atoms with Gasteiger partial charge in [-0.25, -0.2) is 0 Å². The molecule has 30 heavy (non-hydrogen) atoms. The lowest BCUT2D eigenvalue weighted by atomic mass is 9.95. The van der Waals surface area contributed by atoms with Crippen molar-refractivity contribution in [2.45, 2.75) is 51.1 Å². The Balaban J connectivity index is 1.76. The lowest BCUT2D eigenvalue weighted by Gasteiger charge is -2.33. The van der Waals surface area contributed by atoms with Gasteiger partial charge in [-0.3, -0.25) is 14.5 Å². The van der Waals surface area contributed by atoms with Gasteiger partial charge < -0.3 is 5.32 Å². The number of nitrogens with one attached hydrogen (secondary N) is 1. The van der Waals surface area contributed by atoms with Crippen molar-refractivity contribution in [3.05, 3.63) is 63.3 Å². The summed E-state index contributed by atoms with van der Waals surface area (Å²) in [6.07, 6.45) is 5.43. The Kier molecular flexibility index (Phi) is 6.54. The minimum Gasteiger partial charge on any atom is -0.351 e. The largest absolute Gasteiger partial charge is 0.351 e. The van der Waals surface area contributed by atoms with E-state index >= 15 is 0 Å². The van der Waals surface area contributed by atoms with E-state index in [1.54, 1.807) is 10.3 Å². The first-order valence-corrected chi connectivity index (χ1v) is 11.9. The van der Waals surface area contributed by atoms with Crippen LogP contribution in [0.2, 0.25) is 0 Å². The molecule has 3 aromatic rings. The molecule has 0 radical (unpaired) electrons. The summed E-state index contributed by atoms with van der Waals surface area (Å²) in [6, 6.07) is 10.8. The Labute approximate surface area is 184 Å². The Hall–Kier alpha value is -2.58. The molecule has 0 spiro atoms. The van der Waals surface area contributed by atoms with E-state index in [9.17, 15) is 9.59 Å². The number of rotatable bonds is 6. The zero-order valence-electron chi connectivity index (χ0n) is 16.8. The second-order valence-electron chi connectivity index (χ2n) is 7.51. The van der Waals surface area contributed by atoms with Crippen LogP contribution >= 0.6 is 22.9 Å². The number of hydrogen-bond donors (Lipinski definition) is 1. The summed E-state index contributed by atoms with van der Waals surface area (Å²) in [5.41, 5.74) is 1.86. The smallest absolute Gasteiger partial charge is 0.280 e. The van der Waals surface area contributed by atoms with Crippen molar-refractivity contribution in [2.75, 3.05) is 4.90 Å². The van der Waals surface area contributed by atoms with Crippen LogP contribution in [-0.4, -0.2) is 27.4 Å². The number of para-hydroxylation sites is 1. The standard InChI is InChI=1S/C22H24N4O2S2/c1-15-8-5-6-11-18(15)26(22(28)17-14-30-25-24-17)20(19-12-7-13-29-19)21(27)23-16-9-3-2-4-10-16/h5-8,11-14,16,20H,2-4,9-10H2,1H3,(H,23,27)/t20-/m1/s1. The van der Waals surface area contributed by atoms with Gasteiger partial charge in [-0.2, -0.15) is 0 Å². The summed E-state index contributed by atoms with van der Waals surface area (Å²) in [4.78, 5) is 29.5. The summed E-state index contributed by atoms with van der Waals surface area (Å²) >= 11 is 2.60. The van der Waals surface area contributed by atoms with Gasteiger partial charge >= 0.3 is 0 Å². The molecule has 1 fully saturated rings. The number of carbonyl (C=O) groups excluding carboxylic acids is 2. The van der Waals surface area contributed by atoms with E-state index in [1.807, 2.05) is 48.7 Å². The number of thiophene rings is 1. The van der Waals surface area contributed by atoms with Crippen molar-refractivity contribution in [3.8, 4) is 0 Å². The van der Waals surface area contributed by atoms with Crippen molar-refractivity contribution >= 4 is 40.4 Å². The number of carbonyl (C=O) groups is 2. The quantitative estimate of drug-likeness (QED) is 0.600. The molecule has 1 aliphatic carbocycles. The predicted octanol–water partition coefficient (Wildman–Crippen LogP) is 4.75. The SMILES string of the molecule is Cc1ccccc1N(C(=O)c1csnn1)[C@@H](C(=O)NC1CCCCC1)c1cccs1. The van der Waals surface area contributed by atoms with Crippen molar-refractivity contribution < 1.29 is 9.59 Å². The molecule has 2 heterocycles. The van der Waals surface area contributed by atoms with Gasteiger partial charge in [-0.05, 0) is 54.4 Å². The summed E-state index contributed by atoms with van der Waals surface area (Å²) in [7, 11) is 0. The Morgan fingerprint density at radius 3 is 2.60 bits per heavy atom. The fraction of sp³-hybridized carbons (Fsp3) is 0.364. The average molecular weight is 441 g/mol. The number of benzene rings is 1. The van der Waals surface area contributed by atoms with Crippen molar-refractivity contribution in [1.29, 1.82) is 0 Å². The zero-order valence-corrected chi connectivity index (χ0v) is 18.4. The fourth-order valence-corrected chi connectivity index (χ4v) is 5.17. The van der Waals surface area contributed by atoms with Crippen molar-refractivity contribution in [1.82, 2.24) is 14.9 Å². The van der Waals surface area contributed by atoms with Crippen LogP contribution in [0.1, 0.15) is 59.1 Å². The van der Waals surface area contributed by atoms with Crippen LogP contribution in [0.5, 0.6) is 0 Å². The Morgan fingerprint density at radius 2 is 1.93 bits per heavy atom. The number of hydrogen-bond acceptors (Lipinski definition) is 6. The third kappa shape index (κ3) is 4.44. The number of amides is 2. The molecule has 156 valence electrons. The second-order valence-corrected chi connectivity index (χ2v) is 9.10. The zero-order chi connectivity index (χ0) is 20.9. The molecule has 1 aliphatic rings. The number of aryl methyl sites for hydroxylation is 1. The lowest BCUT2D eigenvalue weighted by molar-refractivity contribution is -0.123. The van der Waals surface area contributed by atoms with E-state index in [1.165, 1.54) is 17.8 Å². The molecule has 2 aromatic heterocycles. The van der Waals surface area contributed by atoms with E-state index in [0.29, 0.717) is 5.69 Å². The monoisotopic (exact) mass is 440 g/mol. The summed E-state index contributed by atoms with van der Waals surface area (Å²) in [5, 5.41) is 10.8. The molecule has 4 rings (SSSR count). The molecule has 6 nitrogen and oxygen atoms in total. The topological polar surface area (TPSA) is 75.2 Å². The molecule has 2 amide bonds. The average Bonchev–Trinajstić information content (AvgIpc) is 3.47. The van der Waals surface area contributed by atoms with Crippen LogP contribution in [0.15, 0.2) is 47.2 Å². The third-order valence-electron chi connectivity index (χ3n) is 5.44. The summed E-state index contributed by atoms with van der Waals surface area (Å²) < 4.78 is 3.85. The molecule has 1 N–H and O–H groups in total. The van der Waals surface area contributed by atoms with Crippen LogP contribution in [-0.2, 0) is 4.79 Å². The van der Waals surface area contributed by atoms with Gasteiger partial charge in [0.2, 0.25) is 5.91 Å². The highest BCUT2D eigenvalue weighted by Gasteiger charge is 2.36. The molecule has 0 aliphatic heterocycles. The van der Waals surface area contributed by atoms with Gasteiger partial charge in [0.05, 0.1) is 0 Å². The highest BCUT2D eigenvalue weighted by atomic mass is 32.1. The maximum absolute atomic E-state index is 13.6. The molecule has 0 bridgehead atoms. The van der Waals surface area contributed by atoms with E-state index in [2.05, 4.69) is 14.9 Å². The van der Waals surface area contributed by atoms with E-state index in [-0.39, 0.29) is 23.6 Å². The van der Waals surface area contributed by atoms with Crippen molar-refractivity contribution in [3.63, 3.8) is 0 Å². The van der Waals surface area contributed by atoms with Gasteiger partial charge in [-0.15, -0.1) is 16.4 Å². The summed E-state index contributed by atoms with van der Waals surface area (Å²) in [5.74, 6) is -0.473. The maximum atomic E-state index is 13.6. The molecular weight excluding hydrogens is 416 g/mol. The molecular formula is C22H24N4O2S2. The molecule has 8 heteroatoms. The first-order valence-electron chi connectivity index (χ1n) is 10.1. The van der Waals surface area contributed by atoms with Gasteiger partial charge in [0.15, 0.2) is 11.7 Å². The molecule has 0 saturated heterocycles. The first-order chi connectivity index (χ1) is 14.6. The lowest BCUT2D eigenvalue weighted by Crippen LogP contribution is -2.47. The van der Waals surface area contributed by atoms with E-state index < -0.39 is 6.04 Å². The summed E-state index contributed by atoms with van der Waals surface area (Å²) in [6.45, 7) is 1.94. The first kappa shape index (κ1) is 20.7. The van der Waals surface area contributed by atoms with Gasteiger partial charge in [-0.1, -0.05) is 48.0 Å². The van der Waals surface area contributed by atoms with E-state index in [0.717, 1.165) is 47.7 Å². The second kappa shape index (κ2) is 9.49. The van der Waals surface area contributed by atoms with Crippen LogP contribution in [0.3, 0.4) is 0 Å². The van der Waals surface area contributed by atoms with Crippen LogP contribution in [0.4, 0.5) is 5.69 Å². The molecule has 0 unspecified atom stereocenters.